The van der Waals surface area contributed by atoms with Crippen LogP contribution in [-0.4, -0.2) is 11.2 Å². The summed E-state index contributed by atoms with van der Waals surface area (Å²) in [5, 5.41) is 17.1. The van der Waals surface area contributed by atoms with Crippen LogP contribution in [0, 0.1) is 11.3 Å². The number of allylic oxidation sites excluding steroid dienone is 1. The average molecular weight is 109 g/mol. The SMILES string of the molecule is N#CC1=C[C@@H](O)CC1. The van der Waals surface area contributed by atoms with Crippen LogP contribution in [0.5, 0.6) is 0 Å². The van der Waals surface area contributed by atoms with Crippen LogP contribution in [0.3, 0.4) is 0 Å². The highest BCUT2D eigenvalue weighted by Crippen LogP contribution is 2.16. The number of nitriles is 1. The highest BCUT2D eigenvalue weighted by Gasteiger charge is 2.10. The Bertz CT molecular complexity index is 154. The van der Waals surface area contributed by atoms with E-state index in [1.54, 1.807) is 6.08 Å². The second-order valence-electron chi connectivity index (χ2n) is 1.91. The van der Waals surface area contributed by atoms with Gasteiger partial charge in [-0.1, -0.05) is 0 Å². The van der Waals surface area contributed by atoms with Crippen LogP contribution in [0.1, 0.15) is 12.8 Å². The molecule has 0 bridgehead atoms. The fraction of sp³-hybridized carbons (Fsp3) is 0.500. The monoisotopic (exact) mass is 109 g/mol. The third kappa shape index (κ3) is 0.877. The molecule has 2 nitrogen and oxygen atoms in total. The van der Waals surface area contributed by atoms with Crippen molar-refractivity contribution in [3.8, 4) is 6.07 Å². The second-order valence-corrected chi connectivity index (χ2v) is 1.91. The van der Waals surface area contributed by atoms with Crippen LogP contribution in [0.15, 0.2) is 11.6 Å². The van der Waals surface area contributed by atoms with Gasteiger partial charge in [-0.15, -0.1) is 0 Å². The van der Waals surface area contributed by atoms with Gasteiger partial charge in [-0.2, -0.15) is 5.26 Å². The molecule has 0 aromatic carbocycles. The highest BCUT2D eigenvalue weighted by atomic mass is 16.3. The molecule has 0 amide bonds. The lowest BCUT2D eigenvalue weighted by Gasteiger charge is -1.89. The van der Waals surface area contributed by atoms with Crippen LogP contribution in [0.4, 0.5) is 0 Å². The third-order valence-corrected chi connectivity index (χ3v) is 1.25. The molecule has 0 aromatic rings. The van der Waals surface area contributed by atoms with Crippen LogP contribution >= 0.6 is 0 Å². The molecule has 1 aliphatic carbocycles. The molecule has 0 aromatic heterocycles. The van der Waals surface area contributed by atoms with Gasteiger partial charge in [0.1, 0.15) is 0 Å². The van der Waals surface area contributed by atoms with E-state index in [9.17, 15) is 0 Å². The number of rotatable bonds is 0. The summed E-state index contributed by atoms with van der Waals surface area (Å²) in [7, 11) is 0. The topological polar surface area (TPSA) is 44.0 Å². The summed E-state index contributed by atoms with van der Waals surface area (Å²) in [4.78, 5) is 0. The normalized spacial score (nSPS) is 27.0. The van der Waals surface area contributed by atoms with E-state index in [4.69, 9.17) is 10.4 Å². The van der Waals surface area contributed by atoms with Crippen molar-refractivity contribution in [2.45, 2.75) is 18.9 Å². The van der Waals surface area contributed by atoms with Crippen molar-refractivity contribution in [1.82, 2.24) is 0 Å². The predicted octanol–water partition coefficient (Wildman–Crippen LogP) is 0.591. The van der Waals surface area contributed by atoms with Gasteiger partial charge in [-0.25, -0.2) is 0 Å². The van der Waals surface area contributed by atoms with Gasteiger partial charge in [0.25, 0.3) is 0 Å². The first kappa shape index (κ1) is 5.33. The molecule has 1 aliphatic rings. The summed E-state index contributed by atoms with van der Waals surface area (Å²) in [6.45, 7) is 0. The Morgan fingerprint density at radius 2 is 2.62 bits per heavy atom. The molecule has 1 atom stereocenters. The summed E-state index contributed by atoms with van der Waals surface area (Å²) in [5.74, 6) is 0. The van der Waals surface area contributed by atoms with Crippen LogP contribution < -0.4 is 0 Å². The first-order valence-corrected chi connectivity index (χ1v) is 2.62. The summed E-state index contributed by atoms with van der Waals surface area (Å²) in [6, 6.07) is 2.00. The molecule has 0 radical (unpaired) electrons. The minimum Gasteiger partial charge on any atom is -0.389 e. The summed E-state index contributed by atoms with van der Waals surface area (Å²) in [6.07, 6.45) is 2.73. The predicted molar refractivity (Wildman–Crippen MR) is 28.9 cm³/mol. The Morgan fingerprint density at radius 1 is 1.88 bits per heavy atom. The van der Waals surface area contributed by atoms with Crippen molar-refractivity contribution in [3.63, 3.8) is 0 Å². The number of nitrogens with zero attached hydrogens (tertiary/aromatic N) is 1. The largest absolute Gasteiger partial charge is 0.389 e. The van der Waals surface area contributed by atoms with Gasteiger partial charge in [-0.3, -0.25) is 0 Å². The van der Waals surface area contributed by atoms with Crippen LogP contribution in [-0.2, 0) is 0 Å². The molecule has 0 heterocycles. The Morgan fingerprint density at radius 3 is 2.88 bits per heavy atom. The number of aliphatic hydroxyl groups is 1. The lowest BCUT2D eigenvalue weighted by Crippen LogP contribution is -1.93. The fourth-order valence-electron chi connectivity index (χ4n) is 0.795. The number of hydrogen-bond acceptors (Lipinski definition) is 2. The molecule has 1 rings (SSSR count). The Hall–Kier alpha value is -0.810. The van der Waals surface area contributed by atoms with Gasteiger partial charge < -0.3 is 5.11 Å². The maximum absolute atomic E-state index is 8.80. The van der Waals surface area contributed by atoms with Crippen molar-refractivity contribution >= 4 is 0 Å². The zero-order valence-corrected chi connectivity index (χ0v) is 4.46. The molecular formula is C6H7NO. The smallest absolute Gasteiger partial charge is 0.0944 e. The van der Waals surface area contributed by atoms with Crippen molar-refractivity contribution in [1.29, 1.82) is 5.26 Å². The first-order valence-electron chi connectivity index (χ1n) is 2.62. The summed E-state index contributed by atoms with van der Waals surface area (Å²) < 4.78 is 0. The molecule has 0 aliphatic heterocycles. The minimum atomic E-state index is -0.357. The molecule has 0 spiro atoms. The molecular weight excluding hydrogens is 102 g/mol. The van der Waals surface area contributed by atoms with E-state index in [2.05, 4.69) is 0 Å². The van der Waals surface area contributed by atoms with Crippen LogP contribution in [0.25, 0.3) is 0 Å². The van der Waals surface area contributed by atoms with Crippen LogP contribution in [0.2, 0.25) is 0 Å². The molecule has 0 saturated carbocycles. The zero-order chi connectivity index (χ0) is 5.98. The molecule has 2 heteroatoms. The van der Waals surface area contributed by atoms with Gasteiger partial charge in [0.05, 0.1) is 12.2 Å². The first-order chi connectivity index (χ1) is 3.83. The highest BCUT2D eigenvalue weighted by molar-refractivity contribution is 5.25. The Kier molecular flexibility index (Phi) is 1.32. The minimum absolute atomic E-state index is 0.357. The molecule has 8 heavy (non-hydrogen) atoms. The van der Waals surface area contributed by atoms with Gasteiger partial charge in [0.15, 0.2) is 0 Å². The zero-order valence-electron chi connectivity index (χ0n) is 4.46. The van der Waals surface area contributed by atoms with E-state index >= 15 is 0 Å². The van der Waals surface area contributed by atoms with Gasteiger partial charge in [0.2, 0.25) is 0 Å². The Balaban J connectivity index is 2.61. The fourth-order valence-corrected chi connectivity index (χ4v) is 0.795. The van der Waals surface area contributed by atoms with E-state index in [1.807, 2.05) is 6.07 Å². The lowest BCUT2D eigenvalue weighted by molar-refractivity contribution is 0.223. The van der Waals surface area contributed by atoms with Gasteiger partial charge >= 0.3 is 0 Å². The van der Waals surface area contributed by atoms with E-state index < -0.39 is 0 Å². The van der Waals surface area contributed by atoms with Gasteiger partial charge in [-0.05, 0) is 18.9 Å². The van der Waals surface area contributed by atoms with E-state index in [1.165, 1.54) is 0 Å². The van der Waals surface area contributed by atoms with Crippen molar-refractivity contribution < 1.29 is 5.11 Å². The molecule has 1 N–H and O–H groups in total. The molecule has 42 valence electrons. The van der Waals surface area contributed by atoms with E-state index in [-0.39, 0.29) is 6.10 Å². The molecule has 0 fully saturated rings. The number of hydrogen-bond donors (Lipinski definition) is 1. The second kappa shape index (κ2) is 1.97. The third-order valence-electron chi connectivity index (χ3n) is 1.25. The maximum atomic E-state index is 8.80. The van der Waals surface area contributed by atoms with Crippen molar-refractivity contribution in [3.05, 3.63) is 11.6 Å². The maximum Gasteiger partial charge on any atom is 0.0944 e. The lowest BCUT2D eigenvalue weighted by atomic mass is 10.3. The van der Waals surface area contributed by atoms with Gasteiger partial charge in [0, 0.05) is 5.57 Å². The standard InChI is InChI=1S/C6H7NO/c7-4-5-1-2-6(8)3-5/h3,6,8H,1-2H2/t6-/m0/s1. The van der Waals surface area contributed by atoms with Crippen molar-refractivity contribution in [2.75, 3.05) is 0 Å². The Labute approximate surface area is 48.1 Å². The molecule has 0 unspecified atom stereocenters. The van der Waals surface area contributed by atoms with E-state index in [0.29, 0.717) is 0 Å². The average Bonchev–Trinajstić information content (AvgIpc) is 2.14. The summed E-state index contributed by atoms with van der Waals surface area (Å²) in [5.41, 5.74) is 0.720. The quantitative estimate of drug-likeness (QED) is 0.494. The summed E-state index contributed by atoms with van der Waals surface area (Å²) >= 11 is 0. The van der Waals surface area contributed by atoms with E-state index in [0.717, 1.165) is 18.4 Å². The number of aliphatic hydroxyl groups excluding tert-OH is 1. The molecule has 0 saturated heterocycles. The van der Waals surface area contributed by atoms with Crippen molar-refractivity contribution in [2.24, 2.45) is 0 Å².